The Bertz CT molecular complexity index is 592. The molecule has 1 aliphatic rings. The van der Waals surface area contributed by atoms with Gasteiger partial charge in [-0.05, 0) is 31.9 Å². The first-order valence-electron chi connectivity index (χ1n) is 7.18. The van der Waals surface area contributed by atoms with Crippen LogP contribution in [0.4, 0.5) is 4.39 Å². The van der Waals surface area contributed by atoms with Crippen LogP contribution < -0.4 is 4.74 Å². The van der Waals surface area contributed by atoms with Crippen molar-refractivity contribution in [2.45, 2.75) is 38.2 Å². The smallest absolute Gasteiger partial charge is 0.140 e. The zero-order valence-electron chi connectivity index (χ0n) is 12.9. The van der Waals surface area contributed by atoms with E-state index in [1.807, 2.05) is 6.92 Å². The molecule has 3 nitrogen and oxygen atoms in total. The Labute approximate surface area is 143 Å². The van der Waals surface area contributed by atoms with E-state index in [9.17, 15) is 9.50 Å². The summed E-state index contributed by atoms with van der Waals surface area (Å²) in [5.74, 6) is 0.139. The zero-order valence-corrected chi connectivity index (χ0v) is 15.2. The van der Waals surface area contributed by atoms with Crippen molar-refractivity contribution in [3.63, 3.8) is 0 Å². The molecule has 0 saturated carbocycles. The third-order valence-electron chi connectivity index (χ3n) is 4.06. The standard InChI is InChI=1S/C16H20BrClFNO2/c1-9-6-10(7-11(18)14(9)19)15-12(22-3)4-5-13(20-15)16(2,21)8-17/h4-5,9-10,21H,6-8H2,1-3H3. The molecule has 0 amide bonds. The minimum Gasteiger partial charge on any atom is -0.495 e. The summed E-state index contributed by atoms with van der Waals surface area (Å²) >= 11 is 9.33. The number of aliphatic hydroxyl groups is 1. The number of alkyl halides is 1. The van der Waals surface area contributed by atoms with Crippen LogP contribution in [-0.4, -0.2) is 22.5 Å². The van der Waals surface area contributed by atoms with E-state index in [0.717, 1.165) is 5.69 Å². The van der Waals surface area contributed by atoms with Gasteiger partial charge in [-0.3, -0.25) is 4.98 Å². The molecule has 1 aromatic rings. The van der Waals surface area contributed by atoms with E-state index in [2.05, 4.69) is 20.9 Å². The van der Waals surface area contributed by atoms with E-state index >= 15 is 0 Å². The van der Waals surface area contributed by atoms with Crippen LogP contribution in [0.2, 0.25) is 0 Å². The second-order valence-corrected chi connectivity index (χ2v) is 7.00. The Morgan fingerprint density at radius 2 is 2.23 bits per heavy atom. The van der Waals surface area contributed by atoms with Crippen molar-refractivity contribution >= 4 is 27.5 Å². The Morgan fingerprint density at radius 3 is 2.77 bits per heavy atom. The zero-order chi connectivity index (χ0) is 16.5. The Morgan fingerprint density at radius 1 is 1.55 bits per heavy atom. The number of ether oxygens (including phenoxy) is 1. The van der Waals surface area contributed by atoms with Gasteiger partial charge in [0.2, 0.25) is 0 Å². The maximum atomic E-state index is 13.8. The average molecular weight is 393 g/mol. The van der Waals surface area contributed by atoms with Gasteiger partial charge in [-0.25, -0.2) is 4.39 Å². The number of hydrogen-bond donors (Lipinski definition) is 1. The minimum atomic E-state index is -1.08. The molecule has 1 aliphatic carbocycles. The Balaban J connectivity index is 2.43. The summed E-state index contributed by atoms with van der Waals surface area (Å²) in [6, 6.07) is 3.54. The molecule has 2 rings (SSSR count). The predicted octanol–water partition coefficient (Wildman–Crippen LogP) is 4.63. The van der Waals surface area contributed by atoms with Crippen molar-refractivity contribution < 1.29 is 14.2 Å². The van der Waals surface area contributed by atoms with Crippen LogP contribution in [0.3, 0.4) is 0 Å². The molecular weight excluding hydrogens is 373 g/mol. The monoisotopic (exact) mass is 391 g/mol. The second kappa shape index (κ2) is 6.85. The molecule has 0 radical (unpaired) electrons. The largest absolute Gasteiger partial charge is 0.495 e. The van der Waals surface area contributed by atoms with Gasteiger partial charge in [-0.15, -0.1) is 0 Å². The fraction of sp³-hybridized carbons (Fsp3) is 0.562. The van der Waals surface area contributed by atoms with Crippen LogP contribution in [0.15, 0.2) is 23.0 Å². The summed E-state index contributed by atoms with van der Waals surface area (Å²) in [5.41, 5.74) is 0.198. The van der Waals surface area contributed by atoms with Gasteiger partial charge in [0.25, 0.3) is 0 Å². The first kappa shape index (κ1) is 17.7. The molecule has 0 aliphatic heterocycles. The SMILES string of the molecule is COc1ccc(C(C)(O)CBr)nc1C1CC(Cl)=C(F)C(C)C1. The lowest BCUT2D eigenvalue weighted by atomic mass is 9.83. The molecule has 0 saturated heterocycles. The summed E-state index contributed by atoms with van der Waals surface area (Å²) < 4.78 is 19.2. The molecule has 1 N–H and O–H groups in total. The molecule has 3 unspecified atom stereocenters. The lowest BCUT2D eigenvalue weighted by molar-refractivity contribution is 0.0800. The van der Waals surface area contributed by atoms with Crippen molar-refractivity contribution in [3.05, 3.63) is 34.4 Å². The van der Waals surface area contributed by atoms with Crippen molar-refractivity contribution in [2.75, 3.05) is 12.4 Å². The number of halogens is 3. The van der Waals surface area contributed by atoms with Gasteiger partial charge in [0.15, 0.2) is 0 Å². The van der Waals surface area contributed by atoms with E-state index in [-0.39, 0.29) is 22.7 Å². The van der Waals surface area contributed by atoms with Crippen LogP contribution in [0, 0.1) is 5.92 Å². The molecule has 0 bridgehead atoms. The number of nitrogens with zero attached hydrogens (tertiary/aromatic N) is 1. The lowest BCUT2D eigenvalue weighted by Crippen LogP contribution is -2.25. The summed E-state index contributed by atoms with van der Waals surface area (Å²) in [7, 11) is 1.58. The van der Waals surface area contributed by atoms with Crippen molar-refractivity contribution in [1.82, 2.24) is 4.98 Å². The number of pyridine rings is 1. The predicted molar refractivity (Wildman–Crippen MR) is 89.3 cm³/mol. The molecule has 122 valence electrons. The van der Waals surface area contributed by atoms with E-state index < -0.39 is 5.60 Å². The van der Waals surface area contributed by atoms with Gasteiger partial charge in [0.05, 0.1) is 23.5 Å². The fourth-order valence-electron chi connectivity index (χ4n) is 2.70. The maximum absolute atomic E-state index is 13.8. The first-order valence-corrected chi connectivity index (χ1v) is 8.68. The van der Waals surface area contributed by atoms with Gasteiger partial charge >= 0.3 is 0 Å². The molecule has 6 heteroatoms. The normalized spacial score (nSPS) is 25.0. The van der Waals surface area contributed by atoms with Gasteiger partial charge in [-0.2, -0.15) is 0 Å². The van der Waals surface area contributed by atoms with Crippen LogP contribution in [0.5, 0.6) is 5.75 Å². The summed E-state index contributed by atoms with van der Waals surface area (Å²) in [6.07, 6.45) is 1.02. The fourth-order valence-corrected chi connectivity index (χ4v) is 3.36. The molecule has 0 fully saturated rings. The summed E-state index contributed by atoms with van der Waals surface area (Å²) in [6.45, 7) is 3.51. The number of methoxy groups -OCH3 is 1. The Hall–Kier alpha value is -0.650. The van der Waals surface area contributed by atoms with Crippen LogP contribution >= 0.6 is 27.5 Å². The van der Waals surface area contributed by atoms with Crippen molar-refractivity contribution in [3.8, 4) is 5.75 Å². The van der Waals surface area contributed by atoms with Crippen molar-refractivity contribution in [2.24, 2.45) is 5.92 Å². The topological polar surface area (TPSA) is 42.4 Å². The van der Waals surface area contributed by atoms with Crippen LogP contribution in [0.25, 0.3) is 0 Å². The van der Waals surface area contributed by atoms with E-state index in [1.165, 1.54) is 0 Å². The first-order chi connectivity index (χ1) is 10.3. The van der Waals surface area contributed by atoms with E-state index in [1.54, 1.807) is 26.2 Å². The molecule has 1 aromatic heterocycles. The lowest BCUT2D eigenvalue weighted by Gasteiger charge is -2.28. The molecule has 22 heavy (non-hydrogen) atoms. The van der Waals surface area contributed by atoms with Gasteiger partial charge < -0.3 is 9.84 Å². The average Bonchev–Trinajstić information content (AvgIpc) is 2.51. The van der Waals surface area contributed by atoms with Crippen LogP contribution in [0.1, 0.15) is 44.0 Å². The van der Waals surface area contributed by atoms with E-state index in [4.69, 9.17) is 16.3 Å². The summed E-state index contributed by atoms with van der Waals surface area (Å²) in [4.78, 5) is 4.59. The highest BCUT2D eigenvalue weighted by Gasteiger charge is 2.32. The maximum Gasteiger partial charge on any atom is 0.140 e. The van der Waals surface area contributed by atoms with Crippen LogP contribution in [-0.2, 0) is 5.60 Å². The number of allylic oxidation sites excluding steroid dienone is 2. The van der Waals surface area contributed by atoms with E-state index in [0.29, 0.717) is 29.6 Å². The number of hydrogen-bond acceptors (Lipinski definition) is 3. The highest BCUT2D eigenvalue weighted by Crippen LogP contribution is 2.43. The molecule has 1 heterocycles. The molecule has 0 aromatic carbocycles. The van der Waals surface area contributed by atoms with Gasteiger partial charge in [0, 0.05) is 17.2 Å². The number of aromatic nitrogens is 1. The third-order valence-corrected chi connectivity index (χ3v) is 5.49. The van der Waals surface area contributed by atoms with Crippen molar-refractivity contribution in [1.29, 1.82) is 0 Å². The highest BCUT2D eigenvalue weighted by atomic mass is 79.9. The van der Waals surface area contributed by atoms with Gasteiger partial charge in [0.1, 0.15) is 17.2 Å². The molecule has 3 atom stereocenters. The quantitative estimate of drug-likeness (QED) is 0.760. The second-order valence-electron chi connectivity index (χ2n) is 5.98. The molecule has 0 spiro atoms. The summed E-state index contributed by atoms with van der Waals surface area (Å²) in [5, 5.41) is 11.0. The third kappa shape index (κ3) is 3.47. The molecular formula is C16H20BrClFNO2. The highest BCUT2D eigenvalue weighted by molar-refractivity contribution is 9.09. The minimum absolute atomic E-state index is 0.0250. The number of rotatable bonds is 4. The Kier molecular flexibility index (Phi) is 5.51. The van der Waals surface area contributed by atoms with Gasteiger partial charge in [-0.1, -0.05) is 34.5 Å².